The Hall–Kier alpha value is -0.860. The summed E-state index contributed by atoms with van der Waals surface area (Å²) in [6.07, 6.45) is 9.95. The Balaban J connectivity index is 1.87. The van der Waals surface area contributed by atoms with Gasteiger partial charge in [0.2, 0.25) is 0 Å². The molecule has 0 saturated heterocycles. The summed E-state index contributed by atoms with van der Waals surface area (Å²) in [7, 11) is 0. The van der Waals surface area contributed by atoms with Crippen molar-refractivity contribution in [1.82, 2.24) is 5.32 Å². The zero-order chi connectivity index (χ0) is 14.3. The predicted octanol–water partition coefficient (Wildman–Crippen LogP) is 3.68. The molecule has 1 aromatic rings. The van der Waals surface area contributed by atoms with E-state index in [4.69, 9.17) is 0 Å². The largest absolute Gasteiger partial charge is 0.394 e. The molecular weight excluding hydrogens is 246 g/mol. The minimum Gasteiger partial charge on any atom is -0.394 e. The molecule has 2 heteroatoms. The van der Waals surface area contributed by atoms with Gasteiger partial charge >= 0.3 is 0 Å². The molecule has 0 amide bonds. The fourth-order valence-corrected chi connectivity index (χ4v) is 3.18. The lowest BCUT2D eigenvalue weighted by Gasteiger charge is -2.33. The smallest absolute Gasteiger partial charge is 0.0610 e. The van der Waals surface area contributed by atoms with E-state index >= 15 is 0 Å². The monoisotopic (exact) mass is 275 g/mol. The quantitative estimate of drug-likeness (QED) is 0.776. The molecule has 0 aliphatic heterocycles. The van der Waals surface area contributed by atoms with E-state index in [2.05, 4.69) is 42.6 Å². The van der Waals surface area contributed by atoms with Crippen molar-refractivity contribution in [3.8, 4) is 0 Å². The van der Waals surface area contributed by atoms with Crippen LogP contribution in [0.5, 0.6) is 0 Å². The Morgan fingerprint density at radius 3 is 2.35 bits per heavy atom. The molecule has 112 valence electrons. The molecular formula is C18H29NO. The maximum absolute atomic E-state index is 9.80. The van der Waals surface area contributed by atoms with Crippen LogP contribution in [0.15, 0.2) is 30.3 Å². The van der Waals surface area contributed by atoms with Crippen LogP contribution in [-0.4, -0.2) is 23.3 Å². The number of nitrogens with one attached hydrogen (secondary N) is 1. The van der Waals surface area contributed by atoms with Crippen LogP contribution in [0.25, 0.3) is 0 Å². The van der Waals surface area contributed by atoms with Gasteiger partial charge < -0.3 is 10.4 Å². The molecule has 2 N–H and O–H groups in total. The first-order valence-corrected chi connectivity index (χ1v) is 8.14. The van der Waals surface area contributed by atoms with Gasteiger partial charge in [-0.3, -0.25) is 0 Å². The molecule has 0 bridgehead atoms. The van der Waals surface area contributed by atoms with Crippen molar-refractivity contribution in [2.45, 2.75) is 69.9 Å². The summed E-state index contributed by atoms with van der Waals surface area (Å²) in [6.45, 7) is 2.39. The van der Waals surface area contributed by atoms with Crippen molar-refractivity contribution in [3.63, 3.8) is 0 Å². The minimum atomic E-state index is -0.148. The van der Waals surface area contributed by atoms with Crippen molar-refractivity contribution in [2.24, 2.45) is 0 Å². The van der Waals surface area contributed by atoms with Gasteiger partial charge in [-0.25, -0.2) is 0 Å². The fraction of sp³-hybridized carbons (Fsp3) is 0.667. The van der Waals surface area contributed by atoms with Crippen molar-refractivity contribution in [1.29, 1.82) is 0 Å². The molecule has 2 rings (SSSR count). The van der Waals surface area contributed by atoms with Crippen LogP contribution in [0.2, 0.25) is 0 Å². The van der Waals surface area contributed by atoms with E-state index in [1.807, 2.05) is 0 Å². The van der Waals surface area contributed by atoms with Crippen molar-refractivity contribution >= 4 is 0 Å². The second kappa shape index (κ2) is 7.80. The third-order valence-electron chi connectivity index (χ3n) is 4.57. The lowest BCUT2D eigenvalue weighted by atomic mass is 9.92. The lowest BCUT2D eigenvalue weighted by molar-refractivity contribution is 0.148. The first-order chi connectivity index (χ1) is 9.72. The number of rotatable bonds is 6. The number of hydrogen-bond donors (Lipinski definition) is 2. The standard InChI is InChI=1S/C18H29NO/c1-18(15-20,14-13-16-9-5-4-6-10-16)19-17-11-7-2-3-8-12-17/h4-6,9-10,17,19-20H,2-3,7-8,11-15H2,1H3. The third-order valence-corrected chi connectivity index (χ3v) is 4.57. The van der Waals surface area contributed by atoms with Crippen LogP contribution in [0.3, 0.4) is 0 Å². The minimum absolute atomic E-state index is 0.148. The first-order valence-electron chi connectivity index (χ1n) is 8.14. The average molecular weight is 275 g/mol. The Kier molecular flexibility index (Phi) is 6.06. The van der Waals surface area contributed by atoms with Crippen LogP contribution in [0.4, 0.5) is 0 Å². The van der Waals surface area contributed by atoms with E-state index < -0.39 is 0 Å². The van der Waals surface area contributed by atoms with Gasteiger partial charge in [-0.2, -0.15) is 0 Å². The van der Waals surface area contributed by atoms with Gasteiger partial charge in [-0.15, -0.1) is 0 Å². The molecule has 1 fully saturated rings. The number of hydrogen-bond acceptors (Lipinski definition) is 2. The van der Waals surface area contributed by atoms with Crippen molar-refractivity contribution < 1.29 is 5.11 Å². The van der Waals surface area contributed by atoms with Crippen molar-refractivity contribution in [2.75, 3.05) is 6.61 Å². The van der Waals surface area contributed by atoms with E-state index in [0.29, 0.717) is 6.04 Å². The second-order valence-electron chi connectivity index (χ2n) is 6.54. The highest BCUT2D eigenvalue weighted by Crippen LogP contribution is 2.22. The molecule has 0 radical (unpaired) electrons. The summed E-state index contributed by atoms with van der Waals surface area (Å²) < 4.78 is 0. The Morgan fingerprint density at radius 1 is 1.10 bits per heavy atom. The highest BCUT2D eigenvalue weighted by atomic mass is 16.3. The summed E-state index contributed by atoms with van der Waals surface area (Å²) in [6, 6.07) is 11.2. The summed E-state index contributed by atoms with van der Waals surface area (Å²) in [5.41, 5.74) is 1.21. The highest BCUT2D eigenvalue weighted by molar-refractivity contribution is 5.15. The molecule has 1 atom stereocenters. The number of aryl methyl sites for hydroxylation is 1. The maximum Gasteiger partial charge on any atom is 0.0610 e. The molecule has 1 saturated carbocycles. The van der Waals surface area contributed by atoms with E-state index in [1.165, 1.54) is 44.1 Å². The number of aliphatic hydroxyl groups excluding tert-OH is 1. The molecule has 1 unspecified atom stereocenters. The summed E-state index contributed by atoms with van der Waals surface area (Å²) in [5, 5.41) is 13.5. The van der Waals surface area contributed by atoms with Gasteiger partial charge in [0, 0.05) is 11.6 Å². The van der Waals surface area contributed by atoms with Crippen LogP contribution in [0, 0.1) is 0 Å². The van der Waals surface area contributed by atoms with Gasteiger partial charge in [0.1, 0.15) is 0 Å². The third kappa shape index (κ3) is 4.92. The van der Waals surface area contributed by atoms with Gasteiger partial charge in [0.25, 0.3) is 0 Å². The van der Waals surface area contributed by atoms with Crippen LogP contribution >= 0.6 is 0 Å². The molecule has 1 aliphatic carbocycles. The van der Waals surface area contributed by atoms with Crippen LogP contribution in [0.1, 0.15) is 57.4 Å². The van der Waals surface area contributed by atoms with E-state index in [-0.39, 0.29) is 12.1 Å². The Bertz CT molecular complexity index is 370. The Morgan fingerprint density at radius 2 is 1.75 bits per heavy atom. The molecule has 1 aliphatic rings. The summed E-state index contributed by atoms with van der Waals surface area (Å²) in [4.78, 5) is 0. The maximum atomic E-state index is 9.80. The van der Waals surface area contributed by atoms with Crippen LogP contribution in [-0.2, 0) is 6.42 Å². The second-order valence-corrected chi connectivity index (χ2v) is 6.54. The lowest BCUT2D eigenvalue weighted by Crippen LogP contribution is -2.51. The van der Waals surface area contributed by atoms with Crippen LogP contribution < -0.4 is 5.32 Å². The molecule has 0 aromatic heterocycles. The SMILES string of the molecule is CC(CO)(CCc1ccccc1)NC1CCCCCC1. The Labute approximate surface area is 123 Å². The van der Waals surface area contributed by atoms with Gasteiger partial charge in [-0.1, -0.05) is 56.0 Å². The van der Waals surface area contributed by atoms with Gasteiger partial charge in [0.05, 0.1) is 6.61 Å². The molecule has 20 heavy (non-hydrogen) atoms. The number of benzene rings is 1. The van der Waals surface area contributed by atoms with Gasteiger partial charge in [-0.05, 0) is 38.2 Å². The normalized spacial score (nSPS) is 20.3. The zero-order valence-corrected chi connectivity index (χ0v) is 12.8. The first kappa shape index (κ1) is 15.5. The topological polar surface area (TPSA) is 32.3 Å². The fourth-order valence-electron chi connectivity index (χ4n) is 3.18. The zero-order valence-electron chi connectivity index (χ0n) is 12.8. The van der Waals surface area contributed by atoms with E-state index in [0.717, 1.165) is 12.8 Å². The van der Waals surface area contributed by atoms with Crippen molar-refractivity contribution in [3.05, 3.63) is 35.9 Å². The average Bonchev–Trinajstić information content (AvgIpc) is 2.75. The summed E-state index contributed by atoms with van der Waals surface area (Å²) in [5.74, 6) is 0. The molecule has 1 aromatic carbocycles. The summed E-state index contributed by atoms with van der Waals surface area (Å²) >= 11 is 0. The predicted molar refractivity (Wildman–Crippen MR) is 84.9 cm³/mol. The number of aliphatic hydroxyl groups is 1. The molecule has 0 spiro atoms. The van der Waals surface area contributed by atoms with Gasteiger partial charge in [0.15, 0.2) is 0 Å². The van der Waals surface area contributed by atoms with E-state index in [9.17, 15) is 5.11 Å². The molecule has 0 heterocycles. The van der Waals surface area contributed by atoms with E-state index in [1.54, 1.807) is 0 Å². The highest BCUT2D eigenvalue weighted by Gasteiger charge is 2.26. The molecule has 2 nitrogen and oxygen atoms in total.